The molecule has 0 saturated heterocycles. The van der Waals surface area contributed by atoms with Crippen molar-refractivity contribution in [2.75, 3.05) is 19.6 Å². The quantitative estimate of drug-likeness (QED) is 0.825. The molecule has 2 rings (SSSR count). The molecule has 0 unspecified atom stereocenters. The monoisotopic (exact) mass is 274 g/mol. The minimum absolute atomic E-state index is 0.252. The lowest BCUT2D eigenvalue weighted by Crippen LogP contribution is -2.36. The molecule has 0 bridgehead atoms. The zero-order chi connectivity index (χ0) is 14.4. The topological polar surface area (TPSA) is 15.3 Å². The molecular weight excluding hydrogens is 244 g/mol. The molecule has 112 valence electrons. The lowest BCUT2D eigenvalue weighted by molar-refractivity contribution is 0.262. The summed E-state index contributed by atoms with van der Waals surface area (Å²) in [4.78, 5) is 2.63. The number of fused-ring (bicyclic) bond motifs is 1. The van der Waals surface area contributed by atoms with Crippen molar-refractivity contribution in [2.45, 2.75) is 58.5 Å². The van der Waals surface area contributed by atoms with Crippen LogP contribution in [0, 0.1) is 0 Å². The highest BCUT2D eigenvalue weighted by Crippen LogP contribution is 2.18. The van der Waals surface area contributed by atoms with Crippen LogP contribution in [0.5, 0.6) is 0 Å². The highest BCUT2D eigenvalue weighted by molar-refractivity contribution is 5.27. The van der Waals surface area contributed by atoms with Gasteiger partial charge in [0.2, 0.25) is 0 Å². The maximum atomic E-state index is 3.57. The van der Waals surface area contributed by atoms with E-state index in [1.165, 1.54) is 44.3 Å². The summed E-state index contributed by atoms with van der Waals surface area (Å²) in [6.45, 7) is 11.5. The molecular formula is C18H30N2. The highest BCUT2D eigenvalue weighted by Gasteiger charge is 2.13. The van der Waals surface area contributed by atoms with E-state index in [1.807, 2.05) is 0 Å². The molecule has 1 aromatic carbocycles. The van der Waals surface area contributed by atoms with E-state index < -0.39 is 0 Å². The summed E-state index contributed by atoms with van der Waals surface area (Å²) in [5, 5.41) is 3.57. The molecule has 0 amide bonds. The van der Waals surface area contributed by atoms with Crippen molar-refractivity contribution in [3.63, 3.8) is 0 Å². The maximum absolute atomic E-state index is 3.57. The van der Waals surface area contributed by atoms with Crippen molar-refractivity contribution in [3.05, 3.63) is 35.4 Å². The van der Waals surface area contributed by atoms with E-state index in [-0.39, 0.29) is 5.54 Å². The first-order chi connectivity index (χ1) is 9.54. The third-order valence-electron chi connectivity index (χ3n) is 3.99. The van der Waals surface area contributed by atoms with Crippen LogP contribution in [0.15, 0.2) is 24.3 Å². The van der Waals surface area contributed by atoms with E-state index in [0.717, 1.165) is 13.1 Å². The molecule has 1 aliphatic heterocycles. The lowest BCUT2D eigenvalue weighted by Gasteiger charge is -2.22. The standard InChI is InChI=1S/C18H30N2/c1-18(2,3)19-12-6-7-13-20-14-8-11-16-9-4-5-10-17(16)15-20/h4-5,9-10,19H,6-8,11-15H2,1-3H3. The van der Waals surface area contributed by atoms with Gasteiger partial charge in [0.1, 0.15) is 0 Å². The van der Waals surface area contributed by atoms with Crippen LogP contribution in [0.1, 0.15) is 51.2 Å². The van der Waals surface area contributed by atoms with Crippen molar-refractivity contribution < 1.29 is 0 Å². The Balaban J connectivity index is 1.72. The molecule has 2 nitrogen and oxygen atoms in total. The molecule has 0 saturated carbocycles. The Bertz CT molecular complexity index is 406. The van der Waals surface area contributed by atoms with Gasteiger partial charge >= 0.3 is 0 Å². The molecule has 0 atom stereocenters. The Hall–Kier alpha value is -0.860. The number of benzene rings is 1. The van der Waals surface area contributed by atoms with Gasteiger partial charge in [-0.3, -0.25) is 4.90 Å². The fourth-order valence-corrected chi connectivity index (χ4v) is 2.88. The third-order valence-corrected chi connectivity index (χ3v) is 3.99. The number of nitrogens with one attached hydrogen (secondary N) is 1. The molecule has 1 heterocycles. The molecule has 0 radical (unpaired) electrons. The van der Waals surface area contributed by atoms with Gasteiger partial charge in [0.15, 0.2) is 0 Å². The van der Waals surface area contributed by atoms with Crippen LogP contribution < -0.4 is 5.32 Å². The Morgan fingerprint density at radius 2 is 1.85 bits per heavy atom. The van der Waals surface area contributed by atoms with Gasteiger partial charge in [-0.05, 0) is 77.2 Å². The highest BCUT2D eigenvalue weighted by atomic mass is 15.1. The van der Waals surface area contributed by atoms with Crippen LogP contribution in [0.2, 0.25) is 0 Å². The summed E-state index contributed by atoms with van der Waals surface area (Å²) < 4.78 is 0. The van der Waals surface area contributed by atoms with E-state index in [4.69, 9.17) is 0 Å². The number of unbranched alkanes of at least 4 members (excludes halogenated alkanes) is 1. The Labute approximate surface area is 124 Å². The Morgan fingerprint density at radius 1 is 1.10 bits per heavy atom. The molecule has 0 aromatic heterocycles. The second-order valence-electron chi connectivity index (χ2n) is 7.03. The number of hydrogen-bond acceptors (Lipinski definition) is 2. The molecule has 1 aromatic rings. The van der Waals surface area contributed by atoms with Gasteiger partial charge in [-0.1, -0.05) is 24.3 Å². The van der Waals surface area contributed by atoms with Crippen molar-refractivity contribution >= 4 is 0 Å². The number of aryl methyl sites for hydroxylation is 1. The summed E-state index contributed by atoms with van der Waals surface area (Å²) in [5.74, 6) is 0. The van der Waals surface area contributed by atoms with Crippen LogP contribution in [0.3, 0.4) is 0 Å². The first-order valence-electron chi connectivity index (χ1n) is 8.09. The molecule has 1 aliphatic rings. The zero-order valence-electron chi connectivity index (χ0n) is 13.4. The zero-order valence-corrected chi connectivity index (χ0v) is 13.4. The molecule has 0 fully saturated rings. The van der Waals surface area contributed by atoms with Gasteiger partial charge < -0.3 is 5.32 Å². The average molecular weight is 274 g/mol. The predicted molar refractivity (Wildman–Crippen MR) is 87.0 cm³/mol. The van der Waals surface area contributed by atoms with Gasteiger partial charge in [0.05, 0.1) is 0 Å². The van der Waals surface area contributed by atoms with Gasteiger partial charge in [-0.15, -0.1) is 0 Å². The number of nitrogens with zero attached hydrogens (tertiary/aromatic N) is 1. The van der Waals surface area contributed by atoms with Crippen molar-refractivity contribution in [3.8, 4) is 0 Å². The number of hydrogen-bond donors (Lipinski definition) is 1. The second-order valence-corrected chi connectivity index (χ2v) is 7.03. The van der Waals surface area contributed by atoms with Crippen molar-refractivity contribution in [1.29, 1.82) is 0 Å². The van der Waals surface area contributed by atoms with Crippen LogP contribution >= 0.6 is 0 Å². The summed E-state index contributed by atoms with van der Waals surface area (Å²) in [6.07, 6.45) is 5.12. The largest absolute Gasteiger partial charge is 0.312 e. The van der Waals surface area contributed by atoms with Gasteiger partial charge in [-0.25, -0.2) is 0 Å². The normalized spacial score (nSPS) is 16.8. The molecule has 0 spiro atoms. The fourth-order valence-electron chi connectivity index (χ4n) is 2.88. The fraction of sp³-hybridized carbons (Fsp3) is 0.667. The smallest absolute Gasteiger partial charge is 0.0236 e. The summed E-state index contributed by atoms with van der Waals surface area (Å²) in [7, 11) is 0. The first-order valence-corrected chi connectivity index (χ1v) is 8.09. The summed E-state index contributed by atoms with van der Waals surface area (Å²) >= 11 is 0. The van der Waals surface area contributed by atoms with Crippen LogP contribution in [0.25, 0.3) is 0 Å². The minimum atomic E-state index is 0.252. The van der Waals surface area contributed by atoms with Gasteiger partial charge in [0.25, 0.3) is 0 Å². The minimum Gasteiger partial charge on any atom is -0.312 e. The second kappa shape index (κ2) is 7.24. The Kier molecular flexibility index (Phi) is 5.62. The summed E-state index contributed by atoms with van der Waals surface area (Å²) in [5.41, 5.74) is 3.35. The number of rotatable bonds is 5. The van der Waals surface area contributed by atoms with Crippen LogP contribution in [-0.2, 0) is 13.0 Å². The molecule has 0 aliphatic carbocycles. The van der Waals surface area contributed by atoms with E-state index in [9.17, 15) is 0 Å². The molecule has 20 heavy (non-hydrogen) atoms. The van der Waals surface area contributed by atoms with E-state index in [2.05, 4.69) is 55.3 Å². The molecule has 1 N–H and O–H groups in total. The van der Waals surface area contributed by atoms with Gasteiger partial charge in [0, 0.05) is 12.1 Å². The third kappa shape index (κ3) is 5.26. The average Bonchev–Trinajstić information content (AvgIpc) is 2.58. The van der Waals surface area contributed by atoms with Crippen LogP contribution in [-0.4, -0.2) is 30.1 Å². The first kappa shape index (κ1) is 15.5. The van der Waals surface area contributed by atoms with E-state index in [1.54, 1.807) is 5.56 Å². The van der Waals surface area contributed by atoms with Crippen LogP contribution in [0.4, 0.5) is 0 Å². The van der Waals surface area contributed by atoms with Crippen molar-refractivity contribution in [1.82, 2.24) is 10.2 Å². The predicted octanol–water partition coefficient (Wildman–Crippen LogP) is 3.60. The SMILES string of the molecule is CC(C)(C)NCCCCN1CCCc2ccccc2C1. The maximum Gasteiger partial charge on any atom is 0.0236 e. The summed E-state index contributed by atoms with van der Waals surface area (Å²) in [6, 6.07) is 8.95. The van der Waals surface area contributed by atoms with E-state index >= 15 is 0 Å². The lowest BCUT2D eigenvalue weighted by atomic mass is 10.0. The van der Waals surface area contributed by atoms with Gasteiger partial charge in [-0.2, -0.15) is 0 Å². The van der Waals surface area contributed by atoms with Crippen molar-refractivity contribution in [2.24, 2.45) is 0 Å². The molecule has 2 heteroatoms. The van der Waals surface area contributed by atoms with E-state index in [0.29, 0.717) is 0 Å². The Morgan fingerprint density at radius 3 is 2.60 bits per heavy atom.